The highest BCUT2D eigenvalue weighted by molar-refractivity contribution is 7.99. The summed E-state index contributed by atoms with van der Waals surface area (Å²) in [6.45, 7) is 0. The zero-order valence-electron chi connectivity index (χ0n) is 11.6. The van der Waals surface area contributed by atoms with E-state index in [9.17, 15) is 14.4 Å². The molecule has 0 amide bonds. The van der Waals surface area contributed by atoms with Gasteiger partial charge in [-0.15, -0.1) is 0 Å². The van der Waals surface area contributed by atoms with Gasteiger partial charge in [0.2, 0.25) is 0 Å². The Morgan fingerprint density at radius 1 is 1.23 bits per heavy atom. The summed E-state index contributed by atoms with van der Waals surface area (Å²) in [5.74, 6) is 0.154. The summed E-state index contributed by atoms with van der Waals surface area (Å²) in [4.78, 5) is 44.9. The van der Waals surface area contributed by atoms with Crippen molar-refractivity contribution >= 4 is 28.7 Å². The van der Waals surface area contributed by atoms with Crippen LogP contribution in [0.3, 0.4) is 0 Å². The number of carbonyl (C=O) groups is 1. The first kappa shape index (κ1) is 14.3. The van der Waals surface area contributed by atoms with E-state index in [2.05, 4.69) is 15.0 Å². The van der Waals surface area contributed by atoms with Crippen molar-refractivity contribution in [1.82, 2.24) is 19.5 Å². The molecule has 0 spiro atoms. The Morgan fingerprint density at radius 2 is 1.95 bits per heavy atom. The van der Waals surface area contributed by atoms with Crippen molar-refractivity contribution in [2.45, 2.75) is 5.16 Å². The molecule has 22 heavy (non-hydrogen) atoms. The van der Waals surface area contributed by atoms with Gasteiger partial charge in [0.05, 0.1) is 5.75 Å². The number of rotatable bonds is 4. The minimum atomic E-state index is -0.527. The maximum absolute atomic E-state index is 12.0. The van der Waals surface area contributed by atoms with Gasteiger partial charge in [-0.1, -0.05) is 42.1 Å². The van der Waals surface area contributed by atoms with E-state index in [1.165, 1.54) is 18.8 Å². The molecule has 2 aromatic heterocycles. The van der Waals surface area contributed by atoms with Crippen LogP contribution in [0, 0.1) is 0 Å². The lowest BCUT2D eigenvalue weighted by molar-refractivity contribution is 0.102. The smallest absolute Gasteiger partial charge is 0.327 e. The fourth-order valence-corrected chi connectivity index (χ4v) is 2.72. The summed E-state index contributed by atoms with van der Waals surface area (Å²) in [6, 6.07) is 8.93. The molecule has 0 radical (unpaired) electrons. The molecule has 3 aromatic rings. The predicted molar refractivity (Wildman–Crippen MR) is 83.5 cm³/mol. The van der Waals surface area contributed by atoms with E-state index in [4.69, 9.17) is 0 Å². The molecule has 0 saturated heterocycles. The number of aromatic nitrogens is 4. The molecule has 112 valence electrons. The molecule has 0 unspecified atom stereocenters. The Balaban J connectivity index is 1.83. The van der Waals surface area contributed by atoms with Crippen LogP contribution in [0.4, 0.5) is 0 Å². The third-order valence-corrected chi connectivity index (χ3v) is 4.04. The number of thioether (sulfide) groups is 1. The number of carbonyl (C=O) groups excluding carboxylic acids is 1. The highest BCUT2D eigenvalue weighted by Crippen LogP contribution is 2.17. The van der Waals surface area contributed by atoms with Gasteiger partial charge in [-0.25, -0.2) is 9.78 Å². The lowest BCUT2D eigenvalue weighted by Gasteiger charge is -1.98. The highest BCUT2D eigenvalue weighted by atomic mass is 32.2. The molecule has 0 aliphatic carbocycles. The second-order valence-corrected chi connectivity index (χ2v) is 5.60. The minimum Gasteiger partial charge on any atom is -0.327 e. The van der Waals surface area contributed by atoms with E-state index in [0.717, 1.165) is 4.57 Å². The minimum absolute atomic E-state index is 0.0348. The normalized spacial score (nSPS) is 11.0. The Hall–Kier alpha value is -2.61. The number of imidazole rings is 1. The molecule has 0 aliphatic heterocycles. The van der Waals surface area contributed by atoms with Gasteiger partial charge in [-0.05, 0) is 0 Å². The summed E-state index contributed by atoms with van der Waals surface area (Å²) >= 11 is 1.18. The van der Waals surface area contributed by atoms with Gasteiger partial charge in [0, 0.05) is 12.6 Å². The largest absolute Gasteiger partial charge is 0.329 e. The van der Waals surface area contributed by atoms with Crippen molar-refractivity contribution < 1.29 is 4.79 Å². The quantitative estimate of drug-likeness (QED) is 0.551. The summed E-state index contributed by atoms with van der Waals surface area (Å²) in [6.07, 6.45) is 0. The number of aromatic amines is 2. The van der Waals surface area contributed by atoms with Gasteiger partial charge >= 0.3 is 5.69 Å². The monoisotopic (exact) mass is 316 g/mol. The number of nitrogens with one attached hydrogen (secondary N) is 2. The molecule has 2 heterocycles. The zero-order chi connectivity index (χ0) is 15.7. The van der Waals surface area contributed by atoms with Crippen molar-refractivity contribution in [2.24, 2.45) is 7.05 Å². The fraction of sp³-hybridized carbons (Fsp3) is 0.143. The zero-order valence-corrected chi connectivity index (χ0v) is 12.4. The lowest BCUT2D eigenvalue weighted by atomic mass is 10.2. The maximum Gasteiger partial charge on any atom is 0.329 e. The van der Waals surface area contributed by atoms with Crippen LogP contribution in [0.2, 0.25) is 0 Å². The second-order valence-electron chi connectivity index (χ2n) is 4.64. The van der Waals surface area contributed by atoms with Crippen molar-refractivity contribution in [3.63, 3.8) is 0 Å². The number of nitrogens with zero attached hydrogens (tertiary/aromatic N) is 2. The maximum atomic E-state index is 12.0. The fourth-order valence-electron chi connectivity index (χ4n) is 1.95. The number of ketones is 1. The average Bonchev–Trinajstić information content (AvgIpc) is 2.94. The van der Waals surface area contributed by atoms with Gasteiger partial charge in [0.25, 0.3) is 5.56 Å². The van der Waals surface area contributed by atoms with E-state index >= 15 is 0 Å². The second kappa shape index (κ2) is 5.64. The van der Waals surface area contributed by atoms with Crippen molar-refractivity contribution in [2.75, 3.05) is 5.75 Å². The number of hydrogen-bond donors (Lipinski definition) is 2. The molecule has 0 atom stereocenters. The first-order valence-electron chi connectivity index (χ1n) is 6.46. The molecular formula is C14H12N4O3S. The van der Waals surface area contributed by atoms with E-state index in [1.54, 1.807) is 24.3 Å². The molecule has 2 N–H and O–H groups in total. The molecule has 0 bridgehead atoms. The van der Waals surface area contributed by atoms with E-state index in [-0.39, 0.29) is 22.7 Å². The van der Waals surface area contributed by atoms with E-state index in [0.29, 0.717) is 10.7 Å². The van der Waals surface area contributed by atoms with Crippen LogP contribution in [0.15, 0.2) is 45.1 Å². The van der Waals surface area contributed by atoms with Gasteiger partial charge in [-0.2, -0.15) is 0 Å². The van der Waals surface area contributed by atoms with Gasteiger partial charge < -0.3 is 4.98 Å². The van der Waals surface area contributed by atoms with Crippen molar-refractivity contribution in [3.8, 4) is 0 Å². The highest BCUT2D eigenvalue weighted by Gasteiger charge is 2.12. The first-order valence-corrected chi connectivity index (χ1v) is 7.45. The SMILES string of the molecule is Cn1c(=O)[nH]c2nc(SCC(=O)c3ccccc3)[nH]c2c1=O. The number of Topliss-reactive ketones (excluding diaryl/α,β-unsaturated/α-hetero) is 1. The third-order valence-electron chi connectivity index (χ3n) is 3.17. The van der Waals surface area contributed by atoms with Crippen LogP contribution in [0.1, 0.15) is 10.4 Å². The van der Waals surface area contributed by atoms with Gasteiger partial charge in [-0.3, -0.25) is 19.1 Å². The first-order chi connectivity index (χ1) is 10.6. The molecule has 0 aliphatic rings. The van der Waals surface area contributed by atoms with Gasteiger partial charge in [0.1, 0.15) is 0 Å². The molecule has 8 heteroatoms. The topological polar surface area (TPSA) is 101 Å². The van der Waals surface area contributed by atoms with Crippen molar-refractivity contribution in [1.29, 1.82) is 0 Å². The Morgan fingerprint density at radius 3 is 2.68 bits per heavy atom. The molecular weight excluding hydrogens is 304 g/mol. The summed E-state index contributed by atoms with van der Waals surface area (Å²) in [5, 5.41) is 0.415. The van der Waals surface area contributed by atoms with E-state index < -0.39 is 11.2 Å². The Bertz CT molecular complexity index is 956. The van der Waals surface area contributed by atoms with Crippen LogP contribution in [-0.4, -0.2) is 31.1 Å². The number of fused-ring (bicyclic) bond motifs is 1. The summed E-state index contributed by atoms with van der Waals surface area (Å²) in [7, 11) is 1.38. The van der Waals surface area contributed by atoms with Crippen LogP contribution < -0.4 is 11.2 Å². The number of benzene rings is 1. The number of hydrogen-bond acceptors (Lipinski definition) is 5. The average molecular weight is 316 g/mol. The van der Waals surface area contributed by atoms with Gasteiger partial charge in [0.15, 0.2) is 22.1 Å². The molecule has 3 rings (SSSR count). The molecule has 1 aromatic carbocycles. The van der Waals surface area contributed by atoms with Crippen LogP contribution in [-0.2, 0) is 7.05 Å². The van der Waals surface area contributed by atoms with Crippen LogP contribution in [0.25, 0.3) is 11.2 Å². The summed E-state index contributed by atoms with van der Waals surface area (Å²) in [5.41, 5.74) is 0.0587. The predicted octanol–water partition coefficient (Wildman–Crippen LogP) is 0.925. The summed E-state index contributed by atoms with van der Waals surface area (Å²) < 4.78 is 0.962. The number of H-pyrrole nitrogens is 2. The lowest BCUT2D eigenvalue weighted by Crippen LogP contribution is -2.32. The Kier molecular flexibility index (Phi) is 3.68. The third kappa shape index (κ3) is 2.60. The molecule has 0 fully saturated rings. The standard InChI is InChI=1S/C14H12N4O3S/c1-18-12(20)10-11(17-14(18)21)16-13(15-10)22-7-9(19)8-5-3-2-4-6-8/h2-6H,7H2,1H3,(H,15,16)(H,17,21). The molecule has 7 nitrogen and oxygen atoms in total. The molecule has 0 saturated carbocycles. The van der Waals surface area contributed by atoms with E-state index in [1.807, 2.05) is 6.07 Å². The van der Waals surface area contributed by atoms with Crippen molar-refractivity contribution in [3.05, 3.63) is 56.7 Å². The Labute approximate surface area is 128 Å². The van der Waals surface area contributed by atoms with Crippen LogP contribution >= 0.6 is 11.8 Å². The van der Waals surface area contributed by atoms with Crippen LogP contribution in [0.5, 0.6) is 0 Å².